The van der Waals surface area contributed by atoms with Crippen LogP contribution in [0.3, 0.4) is 0 Å². The Bertz CT molecular complexity index is 878. The van der Waals surface area contributed by atoms with E-state index in [4.69, 9.17) is 16.3 Å². The van der Waals surface area contributed by atoms with Crippen LogP contribution in [0.5, 0.6) is 11.5 Å². The maximum Gasteiger partial charge on any atom is 0.340 e. The van der Waals surface area contributed by atoms with Gasteiger partial charge in [0, 0.05) is 10.6 Å². The lowest BCUT2D eigenvalue weighted by molar-refractivity contribution is 0.0693. The molecule has 136 valence electrons. The van der Waals surface area contributed by atoms with Gasteiger partial charge in [0.25, 0.3) is 0 Å². The van der Waals surface area contributed by atoms with Crippen LogP contribution < -0.4 is 4.74 Å². The van der Waals surface area contributed by atoms with Crippen molar-refractivity contribution >= 4 is 29.7 Å². The average molecular weight is 373 g/mol. The number of methoxy groups -OCH3 is 1. The second-order valence-electron chi connectivity index (χ2n) is 6.02. The fourth-order valence-corrected chi connectivity index (χ4v) is 2.74. The number of rotatable bonds is 6. The minimum absolute atomic E-state index is 0.161. The number of benzene rings is 2. The van der Waals surface area contributed by atoms with Crippen molar-refractivity contribution in [3.63, 3.8) is 0 Å². The van der Waals surface area contributed by atoms with E-state index in [1.165, 1.54) is 7.11 Å². The molecule has 0 saturated heterocycles. The van der Waals surface area contributed by atoms with Crippen LogP contribution in [0.2, 0.25) is 5.02 Å². The number of carboxylic acids is 1. The largest absolute Gasteiger partial charge is 0.507 e. The molecular weight excluding hydrogens is 352 g/mol. The van der Waals surface area contributed by atoms with Crippen molar-refractivity contribution in [3.05, 3.63) is 69.3 Å². The standard InChI is InChI=1S/C21H21ClO4/c1-13(2)8-11-16-18(26-3)12-15(19(20(16)23)21(24)25)10-9-14-6-4-5-7-17(14)22/h4-10,12,23H,11H2,1-3H3,(H,24,25)/b10-9+. The minimum atomic E-state index is -1.21. The molecule has 2 aromatic carbocycles. The Morgan fingerprint density at radius 3 is 2.42 bits per heavy atom. The zero-order valence-corrected chi connectivity index (χ0v) is 15.7. The van der Waals surface area contributed by atoms with E-state index >= 15 is 0 Å². The highest BCUT2D eigenvalue weighted by Crippen LogP contribution is 2.36. The van der Waals surface area contributed by atoms with E-state index in [1.807, 2.05) is 38.1 Å². The van der Waals surface area contributed by atoms with Gasteiger partial charge >= 0.3 is 5.97 Å². The normalized spacial score (nSPS) is 10.8. The van der Waals surface area contributed by atoms with Gasteiger partial charge in [-0.05, 0) is 43.5 Å². The summed E-state index contributed by atoms with van der Waals surface area (Å²) < 4.78 is 5.37. The lowest BCUT2D eigenvalue weighted by atomic mass is 9.97. The molecule has 0 atom stereocenters. The van der Waals surface area contributed by atoms with Gasteiger partial charge in [-0.15, -0.1) is 0 Å². The van der Waals surface area contributed by atoms with Crippen molar-refractivity contribution in [1.29, 1.82) is 0 Å². The molecule has 0 aromatic heterocycles. The second kappa shape index (κ2) is 8.59. The molecule has 2 N–H and O–H groups in total. The fraction of sp³-hybridized carbons (Fsp3) is 0.190. The topological polar surface area (TPSA) is 66.8 Å². The monoisotopic (exact) mass is 372 g/mol. The van der Waals surface area contributed by atoms with Gasteiger partial charge in [0.2, 0.25) is 0 Å². The summed E-state index contributed by atoms with van der Waals surface area (Å²) in [5.74, 6) is -1.06. The van der Waals surface area contributed by atoms with Gasteiger partial charge in [-0.25, -0.2) is 4.79 Å². The molecule has 2 rings (SSSR count). The Morgan fingerprint density at radius 1 is 1.19 bits per heavy atom. The molecule has 0 saturated carbocycles. The van der Waals surface area contributed by atoms with Crippen molar-refractivity contribution in [1.82, 2.24) is 0 Å². The minimum Gasteiger partial charge on any atom is -0.507 e. The zero-order valence-electron chi connectivity index (χ0n) is 14.9. The molecule has 0 unspecified atom stereocenters. The van der Waals surface area contributed by atoms with Gasteiger partial charge in [0.05, 0.1) is 7.11 Å². The molecule has 0 spiro atoms. The predicted molar refractivity (Wildman–Crippen MR) is 105 cm³/mol. The third-order valence-electron chi connectivity index (χ3n) is 3.89. The summed E-state index contributed by atoms with van der Waals surface area (Å²) in [5, 5.41) is 20.7. The van der Waals surface area contributed by atoms with E-state index in [2.05, 4.69) is 0 Å². The molecular formula is C21H21ClO4. The lowest BCUT2D eigenvalue weighted by Gasteiger charge is -2.14. The molecule has 5 heteroatoms. The third kappa shape index (κ3) is 4.46. The van der Waals surface area contributed by atoms with Gasteiger partial charge in [-0.3, -0.25) is 0 Å². The quantitative estimate of drug-likeness (QED) is 0.524. The second-order valence-corrected chi connectivity index (χ2v) is 6.42. The number of carboxylic acid groups (broad SMARTS) is 1. The Balaban J connectivity index is 2.59. The number of ether oxygens (including phenoxy) is 1. The van der Waals surface area contributed by atoms with E-state index in [1.54, 1.807) is 24.3 Å². The summed E-state index contributed by atoms with van der Waals surface area (Å²) in [5.41, 5.74) is 2.43. The summed E-state index contributed by atoms with van der Waals surface area (Å²) in [7, 11) is 1.49. The van der Waals surface area contributed by atoms with Gasteiger partial charge < -0.3 is 14.9 Å². The molecule has 4 nitrogen and oxygen atoms in total. The number of aromatic hydroxyl groups is 1. The summed E-state index contributed by atoms with van der Waals surface area (Å²) in [4.78, 5) is 11.7. The van der Waals surface area contributed by atoms with Crippen LogP contribution in [-0.2, 0) is 6.42 Å². The maximum absolute atomic E-state index is 11.7. The first kappa shape index (κ1) is 19.6. The molecule has 2 aromatic rings. The summed E-state index contributed by atoms with van der Waals surface area (Å²) in [6, 6.07) is 8.84. The highest BCUT2D eigenvalue weighted by Gasteiger charge is 2.21. The van der Waals surface area contributed by atoms with Crippen LogP contribution >= 0.6 is 11.6 Å². The number of aromatic carboxylic acids is 1. The summed E-state index contributed by atoms with van der Waals surface area (Å²) >= 11 is 6.13. The zero-order chi connectivity index (χ0) is 19.3. The lowest BCUT2D eigenvalue weighted by Crippen LogP contribution is -2.04. The van der Waals surface area contributed by atoms with E-state index in [0.717, 1.165) is 11.1 Å². The van der Waals surface area contributed by atoms with Crippen molar-refractivity contribution in [2.75, 3.05) is 7.11 Å². The first-order chi connectivity index (χ1) is 12.3. The molecule has 0 amide bonds. The molecule has 0 fully saturated rings. The molecule has 0 radical (unpaired) electrons. The molecule has 0 heterocycles. The average Bonchev–Trinajstić information content (AvgIpc) is 2.59. The van der Waals surface area contributed by atoms with E-state index in [0.29, 0.717) is 28.3 Å². The molecule has 0 aliphatic rings. The molecule has 26 heavy (non-hydrogen) atoms. The number of hydrogen-bond acceptors (Lipinski definition) is 3. The fourth-order valence-electron chi connectivity index (χ4n) is 2.54. The smallest absolute Gasteiger partial charge is 0.340 e. The predicted octanol–water partition coefficient (Wildman–Crippen LogP) is 5.43. The van der Waals surface area contributed by atoms with E-state index < -0.39 is 5.97 Å². The van der Waals surface area contributed by atoms with Gasteiger partial charge in [-0.1, -0.05) is 53.6 Å². The Hall–Kier alpha value is -2.72. The maximum atomic E-state index is 11.7. The third-order valence-corrected chi connectivity index (χ3v) is 4.24. The van der Waals surface area contributed by atoms with E-state index in [9.17, 15) is 15.0 Å². The highest BCUT2D eigenvalue weighted by molar-refractivity contribution is 6.32. The molecule has 0 aliphatic carbocycles. The first-order valence-electron chi connectivity index (χ1n) is 8.07. The van der Waals surface area contributed by atoms with Crippen molar-refractivity contribution in [3.8, 4) is 11.5 Å². The van der Waals surface area contributed by atoms with Gasteiger partial charge in [-0.2, -0.15) is 0 Å². The number of allylic oxidation sites excluding steroid dienone is 2. The Morgan fingerprint density at radius 2 is 1.85 bits per heavy atom. The van der Waals surface area contributed by atoms with Crippen molar-refractivity contribution < 1.29 is 19.7 Å². The Kier molecular flexibility index (Phi) is 6.47. The van der Waals surface area contributed by atoms with Crippen LogP contribution in [0, 0.1) is 0 Å². The number of hydrogen-bond donors (Lipinski definition) is 2. The van der Waals surface area contributed by atoms with Crippen molar-refractivity contribution in [2.45, 2.75) is 20.3 Å². The SMILES string of the molecule is COc1cc(/C=C/c2ccccc2Cl)c(C(=O)O)c(O)c1CC=C(C)C. The summed E-state index contributed by atoms with van der Waals surface area (Å²) in [6.07, 6.45) is 5.60. The van der Waals surface area contributed by atoms with Crippen LogP contribution in [0.25, 0.3) is 12.2 Å². The Labute approximate surface area is 158 Å². The van der Waals surface area contributed by atoms with Crippen LogP contribution in [0.1, 0.15) is 40.9 Å². The number of carbonyl (C=O) groups is 1. The van der Waals surface area contributed by atoms with Crippen LogP contribution in [0.15, 0.2) is 42.0 Å². The van der Waals surface area contributed by atoms with Crippen LogP contribution in [-0.4, -0.2) is 23.3 Å². The van der Waals surface area contributed by atoms with Gasteiger partial charge in [0.1, 0.15) is 17.1 Å². The van der Waals surface area contributed by atoms with Crippen molar-refractivity contribution in [2.24, 2.45) is 0 Å². The molecule has 0 aliphatic heterocycles. The summed E-state index contributed by atoms with van der Waals surface area (Å²) in [6.45, 7) is 3.87. The number of phenols is 1. The highest BCUT2D eigenvalue weighted by atomic mass is 35.5. The van der Waals surface area contributed by atoms with Gasteiger partial charge in [0.15, 0.2) is 0 Å². The van der Waals surface area contributed by atoms with Crippen LogP contribution in [0.4, 0.5) is 0 Å². The first-order valence-corrected chi connectivity index (χ1v) is 8.45. The molecule has 0 bridgehead atoms. The van der Waals surface area contributed by atoms with E-state index in [-0.39, 0.29) is 11.3 Å². The number of halogens is 1.